The smallest absolute Gasteiger partial charge is 0.340 e. The summed E-state index contributed by atoms with van der Waals surface area (Å²) in [6.45, 7) is 4.16. The van der Waals surface area contributed by atoms with Gasteiger partial charge >= 0.3 is 5.97 Å². The Morgan fingerprint density at radius 2 is 1.68 bits per heavy atom. The third kappa shape index (κ3) is 5.19. The number of primary sulfonamides is 1. The molecule has 0 aliphatic carbocycles. The first kappa shape index (κ1) is 22.3. The van der Waals surface area contributed by atoms with Gasteiger partial charge in [-0.1, -0.05) is 24.3 Å². The van der Waals surface area contributed by atoms with E-state index in [-0.39, 0.29) is 11.5 Å². The molecule has 0 saturated carbocycles. The molecule has 0 atom stereocenters. The highest BCUT2D eigenvalue weighted by molar-refractivity contribution is 7.89. The number of ether oxygens (including phenoxy) is 1. The van der Waals surface area contributed by atoms with E-state index in [1.807, 2.05) is 18.4 Å². The second-order valence-electron chi connectivity index (χ2n) is 7.20. The lowest BCUT2D eigenvalue weighted by Crippen LogP contribution is -2.12. The Kier molecular flexibility index (Phi) is 6.28. The maximum atomic E-state index is 12.6. The maximum Gasteiger partial charge on any atom is 0.340 e. The van der Waals surface area contributed by atoms with Crippen LogP contribution in [0.3, 0.4) is 0 Å². The number of amides is 1. The molecule has 0 bridgehead atoms. The lowest BCUT2D eigenvalue weighted by Gasteiger charge is -2.11. The molecule has 0 aliphatic heterocycles. The van der Waals surface area contributed by atoms with E-state index >= 15 is 0 Å². The number of carbonyl (C=O) groups is 2. The summed E-state index contributed by atoms with van der Waals surface area (Å²) in [7, 11) is -3.75. The lowest BCUT2D eigenvalue weighted by atomic mass is 10.1. The van der Waals surface area contributed by atoms with E-state index in [9.17, 15) is 18.0 Å². The number of sulfonamides is 1. The van der Waals surface area contributed by atoms with Gasteiger partial charge in [0.05, 0.1) is 10.5 Å². The Balaban J connectivity index is 1.74. The monoisotopic (exact) mass is 441 g/mol. The minimum absolute atomic E-state index is 0.0125. The van der Waals surface area contributed by atoms with Crippen LogP contribution in [0.4, 0.5) is 0 Å². The van der Waals surface area contributed by atoms with E-state index in [4.69, 9.17) is 15.6 Å². The van der Waals surface area contributed by atoms with E-state index in [1.165, 1.54) is 12.1 Å². The van der Waals surface area contributed by atoms with Crippen molar-refractivity contribution >= 4 is 21.9 Å². The van der Waals surface area contributed by atoms with Crippen LogP contribution in [-0.2, 0) is 27.9 Å². The molecule has 0 fully saturated rings. The normalized spacial score (nSPS) is 11.3. The molecule has 3 aromatic rings. The Hall–Kier alpha value is -3.43. The summed E-state index contributed by atoms with van der Waals surface area (Å²) in [5, 5.41) is 5.13. The van der Waals surface area contributed by atoms with Crippen LogP contribution in [0.5, 0.6) is 0 Å². The number of benzene rings is 2. The van der Waals surface area contributed by atoms with Crippen LogP contribution in [0, 0.1) is 13.8 Å². The van der Waals surface area contributed by atoms with Gasteiger partial charge in [0.2, 0.25) is 15.9 Å². The Morgan fingerprint density at radius 1 is 1.00 bits per heavy atom. The van der Waals surface area contributed by atoms with Crippen molar-refractivity contribution in [3.63, 3.8) is 0 Å². The van der Waals surface area contributed by atoms with Crippen LogP contribution in [0.25, 0.3) is 0 Å². The predicted molar refractivity (Wildman–Crippen MR) is 115 cm³/mol. The number of hydrogen-bond donors (Lipinski definition) is 2. The molecule has 0 radical (unpaired) electrons. The van der Waals surface area contributed by atoms with Gasteiger partial charge < -0.3 is 15.0 Å². The number of hydrogen-bond acceptors (Lipinski definition) is 5. The average molecular weight is 442 g/mol. The van der Waals surface area contributed by atoms with Gasteiger partial charge in [-0.2, -0.15) is 0 Å². The van der Waals surface area contributed by atoms with E-state index in [0.717, 1.165) is 17.0 Å². The Morgan fingerprint density at radius 3 is 2.29 bits per heavy atom. The van der Waals surface area contributed by atoms with Crippen molar-refractivity contribution in [2.45, 2.75) is 31.9 Å². The second kappa shape index (κ2) is 8.75. The summed E-state index contributed by atoms with van der Waals surface area (Å²) >= 11 is 0. The van der Waals surface area contributed by atoms with Crippen LogP contribution in [0.15, 0.2) is 59.5 Å². The first-order chi connectivity index (χ1) is 14.6. The van der Waals surface area contributed by atoms with Crippen molar-refractivity contribution in [2.75, 3.05) is 0 Å². The Bertz CT molecular complexity index is 1240. The summed E-state index contributed by atoms with van der Waals surface area (Å²) in [4.78, 5) is 24.0. The molecule has 1 heterocycles. The van der Waals surface area contributed by atoms with E-state index in [0.29, 0.717) is 23.2 Å². The number of nitrogens with two attached hydrogens (primary N) is 2. The molecule has 8 nitrogen and oxygen atoms in total. The standard InChI is InChI=1S/C22H23N3O5S/c1-14-10-20(22(27)30-13-17-4-3-5-18(11-17)21(23)26)15(2)25(14)12-16-6-8-19(9-7-16)31(24,28)29/h3-11H,12-13H2,1-2H3,(H2,23,26)(H2,24,28,29). The van der Waals surface area contributed by atoms with Crippen molar-refractivity contribution in [3.8, 4) is 0 Å². The summed E-state index contributed by atoms with van der Waals surface area (Å²) in [6.07, 6.45) is 0. The van der Waals surface area contributed by atoms with Gasteiger partial charge in [0.15, 0.2) is 0 Å². The van der Waals surface area contributed by atoms with Crippen LogP contribution in [0.1, 0.15) is 43.2 Å². The largest absolute Gasteiger partial charge is 0.457 e. The summed E-state index contributed by atoms with van der Waals surface area (Å²) in [5.74, 6) is -1.03. The molecule has 9 heteroatoms. The van der Waals surface area contributed by atoms with E-state index < -0.39 is 21.9 Å². The number of primary amides is 1. The SMILES string of the molecule is Cc1cc(C(=O)OCc2cccc(C(N)=O)c2)c(C)n1Cc1ccc(S(N)(=O)=O)cc1. The number of nitrogens with zero attached hydrogens (tertiary/aromatic N) is 1. The van der Waals surface area contributed by atoms with Gasteiger partial charge in [-0.05, 0) is 55.3 Å². The van der Waals surface area contributed by atoms with Crippen LogP contribution < -0.4 is 10.9 Å². The molecule has 3 rings (SSSR count). The fourth-order valence-corrected chi connectivity index (χ4v) is 3.77. The molecular formula is C22H23N3O5S. The van der Waals surface area contributed by atoms with Crippen molar-refractivity contribution in [1.82, 2.24) is 4.57 Å². The van der Waals surface area contributed by atoms with Gasteiger partial charge in [-0.3, -0.25) is 4.79 Å². The zero-order valence-corrected chi connectivity index (χ0v) is 18.0. The van der Waals surface area contributed by atoms with Crippen molar-refractivity contribution in [2.24, 2.45) is 10.9 Å². The highest BCUT2D eigenvalue weighted by Crippen LogP contribution is 2.20. The first-order valence-corrected chi connectivity index (χ1v) is 10.9. The van der Waals surface area contributed by atoms with Gasteiger partial charge in [-0.15, -0.1) is 0 Å². The van der Waals surface area contributed by atoms with Crippen LogP contribution >= 0.6 is 0 Å². The second-order valence-corrected chi connectivity index (χ2v) is 8.76. The third-order valence-electron chi connectivity index (χ3n) is 4.97. The fraction of sp³-hybridized carbons (Fsp3) is 0.182. The highest BCUT2D eigenvalue weighted by atomic mass is 32.2. The maximum absolute atomic E-state index is 12.6. The fourth-order valence-electron chi connectivity index (χ4n) is 3.26. The molecule has 0 unspecified atom stereocenters. The minimum atomic E-state index is -3.75. The van der Waals surface area contributed by atoms with Gasteiger partial charge in [0.1, 0.15) is 6.61 Å². The molecule has 1 aromatic heterocycles. The molecule has 0 aliphatic rings. The number of esters is 1. The quantitative estimate of drug-likeness (QED) is 0.542. The zero-order valence-electron chi connectivity index (χ0n) is 17.2. The number of aromatic nitrogens is 1. The predicted octanol–water partition coefficient (Wildman–Crippen LogP) is 2.26. The molecule has 31 heavy (non-hydrogen) atoms. The van der Waals surface area contributed by atoms with Crippen LogP contribution in [0.2, 0.25) is 0 Å². The first-order valence-electron chi connectivity index (χ1n) is 9.40. The Labute approximate surface area is 180 Å². The van der Waals surface area contributed by atoms with Crippen molar-refractivity contribution < 1.29 is 22.7 Å². The molecule has 1 amide bonds. The lowest BCUT2D eigenvalue weighted by molar-refractivity contribution is 0.0471. The molecule has 0 spiro atoms. The highest BCUT2D eigenvalue weighted by Gasteiger charge is 2.18. The van der Waals surface area contributed by atoms with Gasteiger partial charge in [0, 0.05) is 23.5 Å². The van der Waals surface area contributed by atoms with Crippen molar-refractivity contribution in [1.29, 1.82) is 0 Å². The van der Waals surface area contributed by atoms with Gasteiger partial charge in [0.25, 0.3) is 0 Å². The molecule has 162 valence electrons. The minimum Gasteiger partial charge on any atom is -0.457 e. The summed E-state index contributed by atoms with van der Waals surface area (Å²) < 4.78 is 30.2. The van der Waals surface area contributed by atoms with Gasteiger partial charge in [-0.25, -0.2) is 18.4 Å². The van der Waals surface area contributed by atoms with Crippen LogP contribution in [-0.4, -0.2) is 24.9 Å². The molecular weight excluding hydrogens is 418 g/mol. The summed E-state index contributed by atoms with van der Waals surface area (Å²) in [6, 6.07) is 14.6. The summed E-state index contributed by atoms with van der Waals surface area (Å²) in [5.41, 5.74) is 9.16. The molecule has 4 N–H and O–H groups in total. The topological polar surface area (TPSA) is 134 Å². The zero-order chi connectivity index (χ0) is 22.8. The average Bonchev–Trinajstić information content (AvgIpc) is 3.00. The van der Waals surface area contributed by atoms with Crippen molar-refractivity contribution in [3.05, 3.63) is 88.2 Å². The third-order valence-corrected chi connectivity index (χ3v) is 5.90. The molecule has 2 aromatic carbocycles. The number of aryl methyl sites for hydroxylation is 1. The number of carbonyl (C=O) groups excluding carboxylic acids is 2. The van der Waals surface area contributed by atoms with E-state index in [1.54, 1.807) is 42.5 Å². The number of rotatable bonds is 7. The molecule has 0 saturated heterocycles. The van der Waals surface area contributed by atoms with E-state index in [2.05, 4.69) is 0 Å².